The number of rotatable bonds is 12. The molecule has 0 saturated carbocycles. The summed E-state index contributed by atoms with van der Waals surface area (Å²) < 4.78 is 141. The molecule has 4 rings (SSSR count). The van der Waals surface area contributed by atoms with Crippen LogP contribution in [0.5, 0.6) is 0 Å². The van der Waals surface area contributed by atoms with Gasteiger partial charge in [0.05, 0.1) is 36.8 Å². The molecule has 0 aliphatic carbocycles. The number of fused-ring (bicyclic) bond motifs is 2. The van der Waals surface area contributed by atoms with Gasteiger partial charge in [0.15, 0.2) is 12.3 Å². The molecule has 14 nitrogen and oxygen atoms in total. The van der Waals surface area contributed by atoms with Crippen molar-refractivity contribution in [2.24, 2.45) is 0 Å². The first-order valence-corrected chi connectivity index (χ1v) is 20.9. The Bertz CT molecular complexity index is 2350. The Kier molecular flexibility index (Phi) is 19.4. The second-order valence-corrected chi connectivity index (χ2v) is 18.7. The Morgan fingerprint density at radius 2 is 1.26 bits per heavy atom. The van der Waals surface area contributed by atoms with E-state index in [9.17, 15) is 51.9 Å². The summed E-state index contributed by atoms with van der Waals surface area (Å²) in [5, 5.41) is 0. The predicted molar refractivity (Wildman–Crippen MR) is 181 cm³/mol. The van der Waals surface area contributed by atoms with Gasteiger partial charge in [-0.15, -0.1) is 0 Å². The van der Waals surface area contributed by atoms with Gasteiger partial charge in [0.25, 0.3) is 0 Å². The second-order valence-electron chi connectivity index (χ2n) is 12.9. The maximum Gasteiger partial charge on any atom is 1.00 e. The maximum atomic E-state index is 11.7. The number of hydrogen-bond acceptors (Lipinski definition) is 13. The van der Waals surface area contributed by atoms with Gasteiger partial charge in [0.1, 0.15) is 30.4 Å². The van der Waals surface area contributed by atoms with Gasteiger partial charge >= 0.3 is 154 Å². The molecule has 0 atom stereocenters. The number of hydrogen-bond donors (Lipinski definition) is 0. The SMILES string of the molecule is CC(/C=C/C=C1/N(CCS(=O)(=O)[O-])c2ccc(S(=O)(=O)[O-])cc2C1(C)C)=C\C=C\C1=[N+](CCS(=O)(=O)[O-])c2ccc(S(=O)(=O)[O-])cc2C1(C)C.[K+].[K+].[K+]. The summed E-state index contributed by atoms with van der Waals surface area (Å²) in [7, 11) is -18.7. The van der Waals surface area contributed by atoms with Crippen molar-refractivity contribution in [2.75, 3.05) is 29.5 Å². The first-order chi connectivity index (χ1) is 22.7. The van der Waals surface area contributed by atoms with E-state index in [2.05, 4.69) is 0 Å². The molecule has 0 unspecified atom stereocenters. The molecular weight excluding hydrogens is 850 g/mol. The van der Waals surface area contributed by atoms with E-state index >= 15 is 0 Å². The van der Waals surface area contributed by atoms with Crippen molar-refractivity contribution < 1.29 is 211 Å². The largest absolute Gasteiger partial charge is 1.00 e. The quantitative estimate of drug-likeness (QED) is 0.0837. The zero-order valence-corrected chi connectivity index (χ0v) is 43.3. The van der Waals surface area contributed by atoms with E-state index in [1.54, 1.807) is 80.6 Å². The van der Waals surface area contributed by atoms with Crippen molar-refractivity contribution in [3.8, 4) is 0 Å². The fourth-order valence-electron chi connectivity index (χ4n) is 6.15. The van der Waals surface area contributed by atoms with Crippen LogP contribution in [0.2, 0.25) is 0 Å². The normalized spacial score (nSPS) is 17.8. The fraction of sp³-hybridized carbons (Fsp3) is 0.344. The molecule has 0 radical (unpaired) electrons. The van der Waals surface area contributed by atoms with Crippen LogP contribution in [0.3, 0.4) is 0 Å². The van der Waals surface area contributed by atoms with Crippen molar-refractivity contribution in [1.82, 2.24) is 0 Å². The zero-order valence-electron chi connectivity index (χ0n) is 30.7. The zero-order chi connectivity index (χ0) is 37.7. The van der Waals surface area contributed by atoms with E-state index in [0.29, 0.717) is 39.5 Å². The Hall–Kier alpha value is 1.42. The molecule has 272 valence electrons. The Morgan fingerprint density at radius 3 is 1.79 bits per heavy atom. The monoisotopic (exact) mass is 884 g/mol. The third-order valence-corrected chi connectivity index (χ3v) is 11.7. The number of anilines is 1. The first-order valence-electron chi connectivity index (χ1n) is 15.0. The summed E-state index contributed by atoms with van der Waals surface area (Å²) in [6.07, 6.45) is 10.2. The minimum atomic E-state index is -4.78. The molecular formula is C32H35K3N2O12S4. The summed E-state index contributed by atoms with van der Waals surface area (Å²) in [6, 6.07) is 7.54. The topological polar surface area (TPSA) is 235 Å². The van der Waals surface area contributed by atoms with Crippen molar-refractivity contribution in [3.63, 3.8) is 0 Å². The van der Waals surface area contributed by atoms with Crippen LogP contribution in [0, 0.1) is 0 Å². The van der Waals surface area contributed by atoms with Crippen LogP contribution in [-0.4, -0.2) is 86.8 Å². The molecule has 53 heavy (non-hydrogen) atoms. The molecule has 21 heteroatoms. The fourth-order valence-corrected chi connectivity index (χ4v) is 7.95. The van der Waals surface area contributed by atoms with Crippen molar-refractivity contribution in [1.29, 1.82) is 0 Å². The van der Waals surface area contributed by atoms with E-state index in [1.807, 2.05) is 0 Å². The molecule has 2 aromatic carbocycles. The van der Waals surface area contributed by atoms with Gasteiger partial charge in [-0.3, -0.25) is 0 Å². The first kappa shape index (κ1) is 52.4. The molecule has 0 amide bonds. The molecule has 2 aliphatic heterocycles. The predicted octanol–water partition coefficient (Wildman–Crippen LogP) is -6.29. The molecule has 0 saturated heterocycles. The van der Waals surface area contributed by atoms with Crippen LogP contribution in [0.25, 0.3) is 0 Å². The van der Waals surface area contributed by atoms with Crippen molar-refractivity contribution in [2.45, 2.75) is 55.2 Å². The third-order valence-electron chi connectivity index (χ3n) is 8.66. The molecule has 2 heterocycles. The van der Waals surface area contributed by atoms with E-state index < -0.39 is 72.6 Å². The van der Waals surface area contributed by atoms with Crippen molar-refractivity contribution >= 4 is 57.6 Å². The van der Waals surface area contributed by atoms with E-state index in [-0.39, 0.29) is 167 Å². The van der Waals surface area contributed by atoms with Gasteiger partial charge in [-0.1, -0.05) is 43.7 Å². The molecule has 0 aromatic heterocycles. The second kappa shape index (κ2) is 19.7. The van der Waals surface area contributed by atoms with E-state index in [0.717, 1.165) is 12.1 Å². The van der Waals surface area contributed by atoms with Crippen LogP contribution in [0.4, 0.5) is 11.4 Å². The van der Waals surface area contributed by atoms with Gasteiger partial charge < -0.3 is 23.1 Å². The number of allylic oxidation sites excluding steroid dienone is 8. The van der Waals surface area contributed by atoms with Crippen molar-refractivity contribution in [3.05, 3.63) is 95.3 Å². The van der Waals surface area contributed by atoms with Gasteiger partial charge in [0.2, 0.25) is 5.69 Å². The standard InChI is InChI=1S/C32H38N2O12S4.3K/c1-22(8-6-10-29-31(2,3)25-20-23(49(41,42)43)12-14-27(25)33(29)16-18-47(35,36)37)9-7-11-30-32(4,5)26-21-24(50(44,45)46)13-15-28(26)34(30)17-19-48(38,39)40;;;/h6-15,20-21H,16-19H2,1-5H3,(H3-,35,36,37,38,39,40,41,42,43,44,45,46);;;/q;3*+1/p-3. The van der Waals surface area contributed by atoms with Crippen LogP contribution in [-0.2, 0) is 51.3 Å². The molecule has 0 bridgehead atoms. The Balaban J connectivity index is 0.00000468. The summed E-state index contributed by atoms with van der Waals surface area (Å²) in [5.74, 6) is -1.44. The number of nitrogens with zero attached hydrogens (tertiary/aromatic N) is 2. The summed E-state index contributed by atoms with van der Waals surface area (Å²) >= 11 is 0. The minimum absolute atomic E-state index is 0. The molecule has 0 N–H and O–H groups in total. The molecule has 2 aromatic rings. The van der Waals surface area contributed by atoms with Gasteiger partial charge in [0, 0.05) is 41.1 Å². The summed E-state index contributed by atoms with van der Waals surface area (Å²) in [5.41, 5.74) is 1.83. The van der Waals surface area contributed by atoms with E-state index in [4.69, 9.17) is 0 Å². The summed E-state index contributed by atoms with van der Waals surface area (Å²) in [4.78, 5) is 0.698. The van der Waals surface area contributed by atoms with Gasteiger partial charge in [-0.25, -0.2) is 33.7 Å². The van der Waals surface area contributed by atoms with Gasteiger partial charge in [-0.2, -0.15) is 4.58 Å². The van der Waals surface area contributed by atoms with Crippen LogP contribution in [0.1, 0.15) is 45.7 Å². The number of benzene rings is 2. The minimum Gasteiger partial charge on any atom is -0.748 e. The molecule has 2 aliphatic rings. The third kappa shape index (κ3) is 13.2. The van der Waals surface area contributed by atoms with Gasteiger partial charge in [-0.05, 0) is 62.7 Å². The Morgan fingerprint density at radius 1 is 0.736 bits per heavy atom. The molecule has 0 spiro atoms. The maximum absolute atomic E-state index is 11.7. The average molecular weight is 885 g/mol. The van der Waals surface area contributed by atoms with Crippen LogP contribution < -0.4 is 159 Å². The van der Waals surface area contributed by atoms with Crippen LogP contribution in [0.15, 0.2) is 93.9 Å². The Labute approximate surface area is 439 Å². The summed E-state index contributed by atoms with van der Waals surface area (Å²) in [6.45, 7) is 8.40. The van der Waals surface area contributed by atoms with Crippen LogP contribution >= 0.6 is 0 Å². The molecule has 0 fully saturated rings. The smallest absolute Gasteiger partial charge is 0.748 e. The average Bonchev–Trinajstić information content (AvgIpc) is 3.31. The van der Waals surface area contributed by atoms with E-state index in [1.165, 1.54) is 24.3 Å².